The number of anilines is 1. The number of hydrogen-bond acceptors (Lipinski definition) is 4. The van der Waals surface area contributed by atoms with E-state index in [2.05, 4.69) is 26.6 Å². The Labute approximate surface area is 118 Å². The van der Waals surface area contributed by atoms with Crippen LogP contribution < -0.4 is 10.6 Å². The number of carbonyl (C=O) groups excluding carboxylic acids is 1. The maximum Gasteiger partial charge on any atom is 0.271 e. The molecule has 1 saturated heterocycles. The van der Waals surface area contributed by atoms with Gasteiger partial charge in [-0.15, -0.1) is 0 Å². The molecule has 1 heterocycles. The average molecular weight is 326 g/mol. The average Bonchev–Trinajstić information content (AvgIpc) is 2.29. The van der Waals surface area contributed by atoms with Crippen molar-refractivity contribution >= 4 is 33.2 Å². The minimum atomic E-state index is -0.497. The normalized spacial score (nSPS) is 13.7. The monoisotopic (exact) mass is 325 g/mol. The molecule has 1 aromatic carbocycles. The van der Waals surface area contributed by atoms with Gasteiger partial charge in [-0.3, -0.25) is 14.9 Å². The second-order valence-corrected chi connectivity index (χ2v) is 5.06. The second kappa shape index (κ2) is 5.50. The van der Waals surface area contributed by atoms with E-state index in [9.17, 15) is 14.9 Å². The molecule has 1 amide bonds. The Morgan fingerprint density at radius 3 is 2.68 bits per heavy atom. The van der Waals surface area contributed by atoms with E-state index in [4.69, 9.17) is 0 Å². The first kappa shape index (κ1) is 13.7. The number of rotatable bonds is 3. The van der Waals surface area contributed by atoms with Gasteiger partial charge in [0.05, 0.1) is 10.6 Å². The number of non-ortho nitro benzene ring substituents is 1. The van der Waals surface area contributed by atoms with Crippen LogP contribution in [0, 0.1) is 10.1 Å². The fourth-order valence-corrected chi connectivity index (χ4v) is 1.96. The molecule has 0 bridgehead atoms. The molecular weight excluding hydrogens is 314 g/mol. The van der Waals surface area contributed by atoms with Crippen molar-refractivity contribution in [3.05, 3.63) is 43.9 Å². The van der Waals surface area contributed by atoms with Crippen LogP contribution in [0.4, 0.5) is 11.4 Å². The highest BCUT2D eigenvalue weighted by Crippen LogP contribution is 2.27. The number of benzene rings is 1. The van der Waals surface area contributed by atoms with Gasteiger partial charge < -0.3 is 10.6 Å². The molecule has 1 aliphatic rings. The molecular formula is C12H12BrN3O3. The Kier molecular flexibility index (Phi) is 3.96. The predicted molar refractivity (Wildman–Crippen MR) is 75.0 cm³/mol. The molecule has 0 aromatic heterocycles. The van der Waals surface area contributed by atoms with Gasteiger partial charge >= 0.3 is 0 Å². The highest BCUT2D eigenvalue weighted by Gasteiger charge is 2.17. The van der Waals surface area contributed by atoms with Crippen LogP contribution in [0.1, 0.15) is 6.92 Å². The zero-order valence-electron chi connectivity index (χ0n) is 10.2. The second-order valence-electron chi connectivity index (χ2n) is 4.21. The van der Waals surface area contributed by atoms with Gasteiger partial charge in [0, 0.05) is 35.3 Å². The van der Waals surface area contributed by atoms with Crippen molar-refractivity contribution in [2.24, 2.45) is 0 Å². The molecule has 2 rings (SSSR count). The summed E-state index contributed by atoms with van der Waals surface area (Å²) >= 11 is 3.26. The number of nitrogens with zero attached hydrogens (tertiary/aromatic N) is 1. The van der Waals surface area contributed by atoms with Crippen molar-refractivity contribution in [1.82, 2.24) is 5.32 Å². The molecule has 100 valence electrons. The minimum Gasteiger partial charge on any atom is -0.321 e. The molecule has 19 heavy (non-hydrogen) atoms. The molecule has 0 aliphatic carbocycles. The Bertz CT molecular complexity index is 578. The Morgan fingerprint density at radius 2 is 2.16 bits per heavy atom. The van der Waals surface area contributed by atoms with Gasteiger partial charge in [-0.25, -0.2) is 0 Å². The van der Waals surface area contributed by atoms with Crippen LogP contribution >= 0.6 is 15.9 Å². The van der Waals surface area contributed by atoms with Crippen molar-refractivity contribution in [3.63, 3.8) is 0 Å². The first-order valence-corrected chi connectivity index (χ1v) is 6.43. The maximum atomic E-state index is 12.0. The number of amides is 1. The molecule has 1 fully saturated rings. The number of nitro benzene ring substituents is 1. The Morgan fingerprint density at radius 1 is 1.47 bits per heavy atom. The molecule has 2 N–H and O–H groups in total. The first-order chi connectivity index (χ1) is 8.99. The summed E-state index contributed by atoms with van der Waals surface area (Å²) in [7, 11) is 0. The molecule has 0 radical (unpaired) electrons. The lowest BCUT2D eigenvalue weighted by Gasteiger charge is -2.21. The smallest absolute Gasteiger partial charge is 0.271 e. The Balaban J connectivity index is 2.21. The van der Waals surface area contributed by atoms with E-state index in [0.717, 1.165) is 18.7 Å². The van der Waals surface area contributed by atoms with Crippen LogP contribution in [-0.2, 0) is 4.79 Å². The summed E-state index contributed by atoms with van der Waals surface area (Å²) in [6.07, 6.45) is 0. The summed E-state index contributed by atoms with van der Waals surface area (Å²) in [5.41, 5.74) is 2.04. The summed E-state index contributed by atoms with van der Waals surface area (Å²) in [6.45, 7) is 3.18. The quantitative estimate of drug-likeness (QED) is 0.507. The number of hydrogen-bond donors (Lipinski definition) is 2. The standard InChI is InChI=1S/C12H12BrN3O3/c1-7(8-5-14-6-8)12(17)15-11-4-9(16(18)19)2-3-10(11)13/h2-4,14H,5-6H2,1H3,(H,15,17). The number of carbonyl (C=O) groups is 1. The lowest BCUT2D eigenvalue weighted by Crippen LogP contribution is -2.36. The predicted octanol–water partition coefficient (Wildman–Crippen LogP) is 2.22. The van der Waals surface area contributed by atoms with Crippen molar-refractivity contribution in [2.75, 3.05) is 18.4 Å². The number of nitro groups is 1. The SMILES string of the molecule is CC(C(=O)Nc1cc([N+](=O)[O-])ccc1Br)=C1CNC1. The first-order valence-electron chi connectivity index (χ1n) is 5.63. The van der Waals surface area contributed by atoms with Gasteiger partial charge in [-0.1, -0.05) is 0 Å². The molecule has 0 unspecified atom stereocenters. The molecule has 1 aliphatic heterocycles. The number of halogens is 1. The molecule has 0 atom stereocenters. The van der Waals surface area contributed by atoms with Gasteiger partial charge in [0.15, 0.2) is 0 Å². The van der Waals surface area contributed by atoms with E-state index in [1.54, 1.807) is 13.0 Å². The van der Waals surface area contributed by atoms with Crippen molar-refractivity contribution in [3.8, 4) is 0 Å². The molecule has 7 heteroatoms. The van der Waals surface area contributed by atoms with Crippen LogP contribution in [0.15, 0.2) is 33.8 Å². The van der Waals surface area contributed by atoms with Crippen molar-refractivity contribution < 1.29 is 9.72 Å². The van der Waals surface area contributed by atoms with E-state index in [1.807, 2.05) is 0 Å². The van der Waals surface area contributed by atoms with Gasteiger partial charge in [-0.2, -0.15) is 0 Å². The van der Waals surface area contributed by atoms with E-state index in [1.165, 1.54) is 12.1 Å². The molecule has 0 spiro atoms. The van der Waals surface area contributed by atoms with Gasteiger partial charge in [0.25, 0.3) is 11.6 Å². The van der Waals surface area contributed by atoms with Crippen LogP contribution in [-0.4, -0.2) is 23.9 Å². The van der Waals surface area contributed by atoms with Crippen LogP contribution in [0.25, 0.3) is 0 Å². The maximum absolute atomic E-state index is 12.0. The third-order valence-electron chi connectivity index (χ3n) is 2.96. The van der Waals surface area contributed by atoms with Gasteiger partial charge in [0.2, 0.25) is 0 Å². The molecule has 1 aromatic rings. The molecule has 0 saturated carbocycles. The third-order valence-corrected chi connectivity index (χ3v) is 3.65. The third kappa shape index (κ3) is 2.99. The summed E-state index contributed by atoms with van der Waals surface area (Å²) in [5, 5.41) is 16.4. The highest BCUT2D eigenvalue weighted by atomic mass is 79.9. The summed E-state index contributed by atoms with van der Waals surface area (Å²) in [5.74, 6) is -0.238. The van der Waals surface area contributed by atoms with E-state index < -0.39 is 4.92 Å². The highest BCUT2D eigenvalue weighted by molar-refractivity contribution is 9.10. The minimum absolute atomic E-state index is 0.0610. The van der Waals surface area contributed by atoms with Crippen LogP contribution in [0.5, 0.6) is 0 Å². The van der Waals surface area contributed by atoms with Gasteiger partial charge in [-0.05, 0) is 34.5 Å². The fourth-order valence-electron chi connectivity index (χ4n) is 1.61. The lowest BCUT2D eigenvalue weighted by molar-refractivity contribution is -0.384. The summed E-state index contributed by atoms with van der Waals surface area (Å²) in [4.78, 5) is 22.2. The molecule has 6 nitrogen and oxygen atoms in total. The lowest BCUT2D eigenvalue weighted by atomic mass is 10.0. The zero-order chi connectivity index (χ0) is 14.0. The largest absolute Gasteiger partial charge is 0.321 e. The van der Waals surface area contributed by atoms with Crippen molar-refractivity contribution in [1.29, 1.82) is 0 Å². The fraction of sp³-hybridized carbons (Fsp3) is 0.250. The van der Waals surface area contributed by atoms with E-state index >= 15 is 0 Å². The topological polar surface area (TPSA) is 84.3 Å². The summed E-state index contributed by atoms with van der Waals surface area (Å²) in [6, 6.07) is 4.25. The zero-order valence-corrected chi connectivity index (χ0v) is 11.8. The Hall–Kier alpha value is -1.73. The summed E-state index contributed by atoms with van der Waals surface area (Å²) < 4.78 is 0.607. The van der Waals surface area contributed by atoms with Crippen molar-refractivity contribution in [2.45, 2.75) is 6.92 Å². The van der Waals surface area contributed by atoms with E-state index in [0.29, 0.717) is 15.7 Å². The van der Waals surface area contributed by atoms with Gasteiger partial charge in [0.1, 0.15) is 0 Å². The van der Waals surface area contributed by atoms with Crippen LogP contribution in [0.3, 0.4) is 0 Å². The van der Waals surface area contributed by atoms with E-state index in [-0.39, 0.29) is 11.6 Å². The number of nitrogens with one attached hydrogen (secondary N) is 2. The van der Waals surface area contributed by atoms with Crippen LogP contribution in [0.2, 0.25) is 0 Å².